The molecule has 3 heteroatoms. The van der Waals surface area contributed by atoms with Gasteiger partial charge in [-0.25, -0.2) is 0 Å². The van der Waals surface area contributed by atoms with E-state index in [1.165, 1.54) is 23.5 Å². The predicted octanol–water partition coefficient (Wildman–Crippen LogP) is 4.20. The van der Waals surface area contributed by atoms with Gasteiger partial charge in [0.2, 0.25) is 0 Å². The van der Waals surface area contributed by atoms with Crippen LogP contribution in [-0.4, -0.2) is 18.1 Å². The van der Waals surface area contributed by atoms with Gasteiger partial charge in [0.1, 0.15) is 0 Å². The second-order valence-electron chi connectivity index (χ2n) is 3.44. The molecule has 0 saturated carbocycles. The molecule has 0 atom stereocenters. The third-order valence-electron chi connectivity index (χ3n) is 2.18. The summed E-state index contributed by atoms with van der Waals surface area (Å²) >= 11 is 7.92. The van der Waals surface area contributed by atoms with Crippen LogP contribution in [0.25, 0.3) is 0 Å². The quantitative estimate of drug-likeness (QED) is 0.752. The molecule has 1 rings (SSSR count). The molecule has 0 aliphatic heterocycles. The third kappa shape index (κ3) is 4.80. The van der Waals surface area contributed by atoms with Crippen LogP contribution in [0.5, 0.6) is 0 Å². The van der Waals surface area contributed by atoms with E-state index < -0.39 is 0 Å². The summed E-state index contributed by atoms with van der Waals surface area (Å²) in [6, 6.07) is 5.96. The summed E-state index contributed by atoms with van der Waals surface area (Å²) in [5, 5.41) is 4.21. The summed E-state index contributed by atoms with van der Waals surface area (Å²) in [7, 11) is 0. The fourth-order valence-corrected chi connectivity index (χ4v) is 2.14. The SMILES string of the molecule is CCSCCCNc1cc(Cl)ccc1C. The van der Waals surface area contributed by atoms with Crippen LogP contribution in [0, 0.1) is 6.92 Å². The van der Waals surface area contributed by atoms with Crippen LogP contribution < -0.4 is 5.32 Å². The van der Waals surface area contributed by atoms with Crippen LogP contribution >= 0.6 is 23.4 Å². The molecule has 1 aromatic rings. The van der Waals surface area contributed by atoms with Crippen molar-refractivity contribution in [1.29, 1.82) is 0 Å². The summed E-state index contributed by atoms with van der Waals surface area (Å²) in [6.45, 7) is 5.31. The van der Waals surface area contributed by atoms with Crippen molar-refractivity contribution in [2.75, 3.05) is 23.4 Å². The van der Waals surface area contributed by atoms with Gasteiger partial charge in [0.15, 0.2) is 0 Å². The van der Waals surface area contributed by atoms with Gasteiger partial charge in [0, 0.05) is 17.3 Å². The fourth-order valence-electron chi connectivity index (χ4n) is 1.33. The highest BCUT2D eigenvalue weighted by molar-refractivity contribution is 7.99. The van der Waals surface area contributed by atoms with Crippen molar-refractivity contribution in [3.8, 4) is 0 Å². The molecule has 15 heavy (non-hydrogen) atoms. The molecule has 0 spiro atoms. The standard InChI is InChI=1S/C12H18ClNS/c1-3-15-8-4-7-14-12-9-11(13)6-5-10(12)2/h5-6,9,14H,3-4,7-8H2,1-2H3. The van der Waals surface area contributed by atoms with Gasteiger partial charge in [0.25, 0.3) is 0 Å². The zero-order valence-electron chi connectivity index (χ0n) is 9.35. The number of aryl methyl sites for hydroxylation is 1. The highest BCUT2D eigenvalue weighted by Crippen LogP contribution is 2.20. The minimum Gasteiger partial charge on any atom is -0.385 e. The van der Waals surface area contributed by atoms with Crippen molar-refractivity contribution >= 4 is 29.1 Å². The van der Waals surface area contributed by atoms with Crippen molar-refractivity contribution in [2.45, 2.75) is 20.3 Å². The Hall–Kier alpha value is -0.340. The Morgan fingerprint density at radius 3 is 2.93 bits per heavy atom. The molecule has 0 radical (unpaired) electrons. The van der Waals surface area contributed by atoms with Crippen LogP contribution in [0.1, 0.15) is 18.9 Å². The van der Waals surface area contributed by atoms with Crippen molar-refractivity contribution in [3.05, 3.63) is 28.8 Å². The average molecular weight is 244 g/mol. The summed E-state index contributed by atoms with van der Waals surface area (Å²) in [6.07, 6.45) is 1.20. The number of benzene rings is 1. The first-order chi connectivity index (χ1) is 7.24. The van der Waals surface area contributed by atoms with Crippen molar-refractivity contribution in [2.24, 2.45) is 0 Å². The number of thioether (sulfide) groups is 1. The number of halogens is 1. The number of hydrogen-bond acceptors (Lipinski definition) is 2. The Balaban J connectivity index is 2.33. The van der Waals surface area contributed by atoms with E-state index >= 15 is 0 Å². The van der Waals surface area contributed by atoms with Gasteiger partial charge in [-0.2, -0.15) is 11.8 Å². The molecule has 0 saturated heterocycles. The van der Waals surface area contributed by atoms with Gasteiger partial charge in [-0.15, -0.1) is 0 Å². The molecule has 84 valence electrons. The van der Waals surface area contributed by atoms with Crippen LogP contribution in [-0.2, 0) is 0 Å². The van der Waals surface area contributed by atoms with Gasteiger partial charge < -0.3 is 5.32 Å². The van der Waals surface area contributed by atoms with Gasteiger partial charge in [0.05, 0.1) is 0 Å². The van der Waals surface area contributed by atoms with Crippen LogP contribution in [0.3, 0.4) is 0 Å². The monoisotopic (exact) mass is 243 g/mol. The first-order valence-electron chi connectivity index (χ1n) is 5.32. The zero-order valence-corrected chi connectivity index (χ0v) is 10.9. The van der Waals surface area contributed by atoms with Crippen LogP contribution in [0.15, 0.2) is 18.2 Å². The van der Waals surface area contributed by atoms with Gasteiger partial charge in [-0.1, -0.05) is 24.6 Å². The molecular formula is C12H18ClNS. The van der Waals surface area contributed by atoms with Gasteiger partial charge in [-0.05, 0) is 42.5 Å². The molecule has 1 aromatic carbocycles. The summed E-state index contributed by atoms with van der Waals surface area (Å²) in [5.41, 5.74) is 2.41. The lowest BCUT2D eigenvalue weighted by Crippen LogP contribution is -2.04. The lowest BCUT2D eigenvalue weighted by Gasteiger charge is -2.09. The highest BCUT2D eigenvalue weighted by atomic mass is 35.5. The normalized spacial score (nSPS) is 10.3. The Bertz CT molecular complexity index is 302. The second kappa shape index (κ2) is 7.02. The lowest BCUT2D eigenvalue weighted by molar-refractivity contribution is 0.989. The van der Waals surface area contributed by atoms with E-state index in [0.29, 0.717) is 0 Å². The molecule has 0 aliphatic rings. The first kappa shape index (κ1) is 12.7. The molecule has 0 fully saturated rings. The predicted molar refractivity (Wildman–Crippen MR) is 72.3 cm³/mol. The van der Waals surface area contributed by atoms with Crippen molar-refractivity contribution < 1.29 is 0 Å². The number of rotatable bonds is 6. The minimum absolute atomic E-state index is 0.797. The maximum absolute atomic E-state index is 5.94. The fraction of sp³-hybridized carbons (Fsp3) is 0.500. The Morgan fingerprint density at radius 1 is 1.40 bits per heavy atom. The first-order valence-corrected chi connectivity index (χ1v) is 6.85. The van der Waals surface area contributed by atoms with E-state index in [9.17, 15) is 0 Å². The topological polar surface area (TPSA) is 12.0 Å². The highest BCUT2D eigenvalue weighted by Gasteiger charge is 1.98. The molecule has 0 unspecified atom stereocenters. The molecule has 0 heterocycles. The summed E-state index contributed by atoms with van der Waals surface area (Å²) in [4.78, 5) is 0. The molecule has 0 aromatic heterocycles. The molecule has 0 amide bonds. The van der Waals surface area contributed by atoms with E-state index in [4.69, 9.17) is 11.6 Å². The van der Waals surface area contributed by atoms with Crippen LogP contribution in [0.2, 0.25) is 5.02 Å². The number of nitrogens with one attached hydrogen (secondary N) is 1. The zero-order chi connectivity index (χ0) is 11.1. The Morgan fingerprint density at radius 2 is 2.20 bits per heavy atom. The summed E-state index contributed by atoms with van der Waals surface area (Å²) < 4.78 is 0. The molecule has 1 nitrogen and oxygen atoms in total. The molecule has 0 bridgehead atoms. The number of anilines is 1. The van der Waals surface area contributed by atoms with E-state index in [1.54, 1.807) is 0 Å². The minimum atomic E-state index is 0.797. The lowest BCUT2D eigenvalue weighted by atomic mass is 10.2. The molecule has 1 N–H and O–H groups in total. The third-order valence-corrected chi connectivity index (χ3v) is 3.41. The Labute approximate surface area is 102 Å². The second-order valence-corrected chi connectivity index (χ2v) is 5.27. The maximum atomic E-state index is 5.94. The maximum Gasteiger partial charge on any atom is 0.0426 e. The van der Waals surface area contributed by atoms with Crippen molar-refractivity contribution in [3.63, 3.8) is 0 Å². The molecular weight excluding hydrogens is 226 g/mol. The smallest absolute Gasteiger partial charge is 0.0426 e. The Kier molecular flexibility index (Phi) is 5.96. The van der Waals surface area contributed by atoms with E-state index in [-0.39, 0.29) is 0 Å². The average Bonchev–Trinajstić information content (AvgIpc) is 2.23. The summed E-state index contributed by atoms with van der Waals surface area (Å²) in [5.74, 6) is 2.43. The molecule has 0 aliphatic carbocycles. The van der Waals surface area contributed by atoms with Crippen LogP contribution in [0.4, 0.5) is 5.69 Å². The van der Waals surface area contributed by atoms with Gasteiger partial charge in [-0.3, -0.25) is 0 Å². The van der Waals surface area contributed by atoms with E-state index in [2.05, 4.69) is 19.2 Å². The number of hydrogen-bond donors (Lipinski definition) is 1. The van der Waals surface area contributed by atoms with Crippen molar-refractivity contribution in [1.82, 2.24) is 0 Å². The largest absolute Gasteiger partial charge is 0.385 e. The van der Waals surface area contributed by atoms with Gasteiger partial charge >= 0.3 is 0 Å². The van der Waals surface area contributed by atoms with E-state index in [0.717, 1.165) is 17.3 Å². The van der Waals surface area contributed by atoms with E-state index in [1.807, 2.05) is 30.0 Å².